The zero-order chi connectivity index (χ0) is 25.1. The molecule has 1 aliphatic rings. The van der Waals surface area contributed by atoms with Crippen LogP contribution in [-0.4, -0.2) is 62.3 Å². The number of ether oxygens (including phenoxy) is 5. The van der Waals surface area contributed by atoms with Crippen molar-refractivity contribution in [1.82, 2.24) is 5.32 Å². The summed E-state index contributed by atoms with van der Waals surface area (Å²) in [6, 6.07) is 3.21. The third-order valence-corrected chi connectivity index (χ3v) is 5.37. The summed E-state index contributed by atoms with van der Waals surface area (Å²) in [5, 5.41) is 12.5. The molecule has 0 bridgehead atoms. The lowest BCUT2D eigenvalue weighted by atomic mass is 9.89. The number of esters is 1. The van der Waals surface area contributed by atoms with Crippen molar-refractivity contribution in [1.29, 1.82) is 0 Å². The van der Waals surface area contributed by atoms with E-state index in [4.69, 9.17) is 14.2 Å². The normalized spacial score (nSPS) is 15.5. The Balaban J connectivity index is 2.02. The molecule has 1 fully saturated rings. The van der Waals surface area contributed by atoms with Crippen molar-refractivity contribution in [3.63, 3.8) is 0 Å². The molecule has 0 amide bonds. The first-order valence-electron chi connectivity index (χ1n) is 11.0. The highest BCUT2D eigenvalue weighted by atomic mass is 16.7. The van der Waals surface area contributed by atoms with Gasteiger partial charge in [-0.3, -0.25) is 9.59 Å². The molecule has 0 aromatic heterocycles. The zero-order valence-corrected chi connectivity index (χ0v) is 19.5. The molecule has 1 aromatic carbocycles. The van der Waals surface area contributed by atoms with Crippen LogP contribution in [0.2, 0.25) is 0 Å². The summed E-state index contributed by atoms with van der Waals surface area (Å²) in [6.45, 7) is 1.85. The fourth-order valence-electron chi connectivity index (χ4n) is 3.57. The number of carboxylic acid groups (broad SMARTS) is 1. The maximum atomic E-state index is 12.3. The van der Waals surface area contributed by atoms with Gasteiger partial charge in [-0.1, -0.05) is 25.3 Å². The van der Waals surface area contributed by atoms with Crippen LogP contribution in [0, 0.1) is 5.92 Å². The predicted molar refractivity (Wildman–Crippen MR) is 118 cm³/mol. The fraction of sp³-hybridized carbons (Fsp3) is 0.565. The van der Waals surface area contributed by atoms with Gasteiger partial charge in [-0.05, 0) is 43.9 Å². The van der Waals surface area contributed by atoms with Crippen molar-refractivity contribution < 1.29 is 48.0 Å². The van der Waals surface area contributed by atoms with Crippen molar-refractivity contribution >= 4 is 24.2 Å². The molecule has 0 heterocycles. The molecule has 1 saturated carbocycles. The highest BCUT2D eigenvalue weighted by molar-refractivity contribution is 5.74. The Morgan fingerprint density at radius 1 is 1.00 bits per heavy atom. The van der Waals surface area contributed by atoms with E-state index in [9.17, 15) is 24.3 Å². The molecule has 2 atom stereocenters. The Morgan fingerprint density at radius 3 is 2.21 bits per heavy atom. The van der Waals surface area contributed by atoms with Gasteiger partial charge in [0.2, 0.25) is 0 Å². The minimum atomic E-state index is -1.11. The summed E-state index contributed by atoms with van der Waals surface area (Å²) in [7, 11) is 2.23. The molecule has 2 N–H and O–H groups in total. The molecule has 0 radical (unpaired) electrons. The van der Waals surface area contributed by atoms with E-state index >= 15 is 0 Å². The van der Waals surface area contributed by atoms with Gasteiger partial charge in [-0.15, -0.1) is 0 Å². The monoisotopic (exact) mass is 481 g/mol. The van der Waals surface area contributed by atoms with Crippen LogP contribution in [0.5, 0.6) is 11.5 Å². The number of carbonyl (C=O) groups excluding carboxylic acids is 3. The predicted octanol–water partition coefficient (Wildman–Crippen LogP) is 3.07. The first-order valence-corrected chi connectivity index (χ1v) is 11.0. The van der Waals surface area contributed by atoms with Gasteiger partial charge >= 0.3 is 24.2 Å². The maximum absolute atomic E-state index is 12.3. The largest absolute Gasteiger partial charge is 0.513 e. The minimum Gasteiger partial charge on any atom is -0.480 e. The highest BCUT2D eigenvalue weighted by Gasteiger charge is 2.25. The second-order valence-electron chi connectivity index (χ2n) is 7.98. The number of rotatable bonds is 10. The summed E-state index contributed by atoms with van der Waals surface area (Å²) in [4.78, 5) is 47.1. The highest BCUT2D eigenvalue weighted by Crippen LogP contribution is 2.30. The number of carbonyl (C=O) groups is 4. The van der Waals surface area contributed by atoms with Crippen LogP contribution in [0.15, 0.2) is 18.2 Å². The van der Waals surface area contributed by atoms with Crippen LogP contribution in [0.4, 0.5) is 9.59 Å². The molecule has 0 aliphatic heterocycles. The Hall–Kier alpha value is -3.34. The molecule has 0 spiro atoms. The van der Waals surface area contributed by atoms with Gasteiger partial charge in [-0.2, -0.15) is 0 Å². The molecule has 0 saturated heterocycles. The zero-order valence-electron chi connectivity index (χ0n) is 19.5. The Morgan fingerprint density at radius 2 is 1.62 bits per heavy atom. The van der Waals surface area contributed by atoms with E-state index in [0.717, 1.165) is 46.3 Å². The Kier molecular flexibility index (Phi) is 10.6. The molecule has 188 valence electrons. The molecular weight excluding hydrogens is 450 g/mol. The summed E-state index contributed by atoms with van der Waals surface area (Å²) >= 11 is 0. The number of carboxylic acids is 1. The fourth-order valence-corrected chi connectivity index (χ4v) is 3.57. The number of hydrogen-bond acceptors (Lipinski definition) is 10. The molecule has 11 heteroatoms. The van der Waals surface area contributed by atoms with Gasteiger partial charge in [0.05, 0.1) is 20.1 Å². The molecule has 2 rings (SSSR count). The second-order valence-corrected chi connectivity index (χ2v) is 7.98. The second kappa shape index (κ2) is 13.4. The van der Waals surface area contributed by atoms with E-state index in [1.54, 1.807) is 6.92 Å². The third kappa shape index (κ3) is 8.54. The van der Waals surface area contributed by atoms with Gasteiger partial charge < -0.3 is 34.1 Å². The lowest BCUT2D eigenvalue weighted by Crippen LogP contribution is -2.43. The van der Waals surface area contributed by atoms with Crippen LogP contribution in [0.1, 0.15) is 44.6 Å². The lowest BCUT2D eigenvalue weighted by Gasteiger charge is -2.23. The van der Waals surface area contributed by atoms with E-state index in [0.29, 0.717) is 5.56 Å². The van der Waals surface area contributed by atoms with Gasteiger partial charge in [0, 0.05) is 6.54 Å². The van der Waals surface area contributed by atoms with Crippen LogP contribution < -0.4 is 14.8 Å². The number of methoxy groups -OCH3 is 2. The minimum absolute atomic E-state index is 0.00859. The number of hydrogen-bond donors (Lipinski definition) is 2. The quantitative estimate of drug-likeness (QED) is 0.289. The molecule has 1 aliphatic carbocycles. The molecule has 1 unspecified atom stereocenters. The summed E-state index contributed by atoms with van der Waals surface area (Å²) in [6.07, 6.45) is 2.23. The lowest BCUT2D eigenvalue weighted by molar-refractivity contribution is -0.154. The summed E-state index contributed by atoms with van der Waals surface area (Å²) in [5.41, 5.74) is 0.475. The standard InChI is InChI=1S/C23H31NO10/c1-14(32-21(27)16-7-5-4-6-8-16)13-24-17(20(25)26)11-15-9-10-18(33-22(28)30-2)19(12-15)34-23(29)31-3/h9-10,12,14,16-17,24H,4-8,11,13H2,1-3H3,(H,25,26)/t14?,17-/m0/s1. The van der Waals surface area contributed by atoms with E-state index in [2.05, 4.69) is 14.8 Å². The van der Waals surface area contributed by atoms with Crippen molar-refractivity contribution in [2.24, 2.45) is 5.92 Å². The van der Waals surface area contributed by atoms with E-state index < -0.39 is 30.4 Å². The first-order chi connectivity index (χ1) is 16.2. The van der Waals surface area contributed by atoms with Crippen LogP contribution in [0.25, 0.3) is 0 Å². The SMILES string of the molecule is COC(=O)Oc1ccc(C[C@H](NCC(C)OC(=O)C2CCCCC2)C(=O)O)cc1OC(=O)OC. The van der Waals surface area contributed by atoms with E-state index in [1.165, 1.54) is 18.2 Å². The van der Waals surface area contributed by atoms with Crippen LogP contribution >= 0.6 is 0 Å². The van der Waals surface area contributed by atoms with Gasteiger partial charge in [0.15, 0.2) is 11.5 Å². The average molecular weight is 481 g/mol. The number of benzene rings is 1. The van der Waals surface area contributed by atoms with Crippen LogP contribution in [-0.2, 0) is 30.2 Å². The Labute approximate surface area is 197 Å². The summed E-state index contributed by atoms with van der Waals surface area (Å²) < 4.78 is 24.3. The molecular formula is C23H31NO10. The third-order valence-electron chi connectivity index (χ3n) is 5.37. The average Bonchev–Trinajstić information content (AvgIpc) is 2.83. The number of aliphatic carboxylic acids is 1. The van der Waals surface area contributed by atoms with E-state index in [1.807, 2.05) is 0 Å². The van der Waals surface area contributed by atoms with Gasteiger partial charge in [-0.25, -0.2) is 9.59 Å². The van der Waals surface area contributed by atoms with E-state index in [-0.39, 0.29) is 36.4 Å². The molecule has 1 aromatic rings. The van der Waals surface area contributed by atoms with Gasteiger partial charge in [0.1, 0.15) is 12.1 Å². The molecule has 11 nitrogen and oxygen atoms in total. The van der Waals surface area contributed by atoms with Gasteiger partial charge in [0.25, 0.3) is 0 Å². The molecule has 34 heavy (non-hydrogen) atoms. The maximum Gasteiger partial charge on any atom is 0.513 e. The first kappa shape index (κ1) is 26.9. The Bertz CT molecular complexity index is 865. The van der Waals surface area contributed by atoms with Crippen molar-refractivity contribution in [2.75, 3.05) is 20.8 Å². The number of nitrogens with one attached hydrogen (secondary N) is 1. The topological polar surface area (TPSA) is 147 Å². The summed E-state index contributed by atoms with van der Waals surface area (Å²) in [5.74, 6) is -1.70. The smallest absolute Gasteiger partial charge is 0.480 e. The van der Waals surface area contributed by atoms with Crippen LogP contribution in [0.3, 0.4) is 0 Å². The van der Waals surface area contributed by atoms with Crippen molar-refractivity contribution in [3.05, 3.63) is 23.8 Å². The van der Waals surface area contributed by atoms with Crippen molar-refractivity contribution in [2.45, 2.75) is 57.6 Å². The van der Waals surface area contributed by atoms with Crippen molar-refractivity contribution in [3.8, 4) is 11.5 Å².